The van der Waals surface area contributed by atoms with Crippen LogP contribution in [0.2, 0.25) is 0 Å². The quantitative estimate of drug-likeness (QED) is 0.712. The first kappa shape index (κ1) is 12.6. The van der Waals surface area contributed by atoms with Crippen molar-refractivity contribution < 1.29 is 0 Å². The highest BCUT2D eigenvalue weighted by molar-refractivity contribution is 5.77. The van der Waals surface area contributed by atoms with Crippen molar-refractivity contribution in [2.45, 2.75) is 20.3 Å². The molecule has 0 radical (unpaired) electrons. The summed E-state index contributed by atoms with van der Waals surface area (Å²) >= 11 is 0. The zero-order valence-electron chi connectivity index (χ0n) is 11.6. The number of aryl methyl sites for hydroxylation is 2. The van der Waals surface area contributed by atoms with Crippen molar-refractivity contribution in [3.63, 3.8) is 0 Å². The van der Waals surface area contributed by atoms with Gasteiger partial charge >= 0.3 is 0 Å². The Morgan fingerprint density at radius 3 is 2.45 bits per heavy atom. The molecule has 3 aromatic rings. The molecule has 0 atom stereocenters. The minimum absolute atomic E-state index is 0.00342. The summed E-state index contributed by atoms with van der Waals surface area (Å²) in [5.74, 6) is 0.789. The van der Waals surface area contributed by atoms with Crippen LogP contribution in [-0.4, -0.2) is 9.55 Å². The Labute approximate surface area is 117 Å². The summed E-state index contributed by atoms with van der Waals surface area (Å²) in [7, 11) is 0. The number of rotatable bonds is 2. The van der Waals surface area contributed by atoms with Gasteiger partial charge < -0.3 is 0 Å². The molecule has 0 unspecified atom stereocenters. The maximum absolute atomic E-state index is 12.7. The predicted octanol–water partition coefficient (Wildman–Crippen LogP) is 3.26. The maximum Gasteiger partial charge on any atom is 0.265 e. The average molecular weight is 264 g/mol. The van der Waals surface area contributed by atoms with Crippen LogP contribution in [0.15, 0.2) is 53.3 Å². The second-order valence-corrected chi connectivity index (χ2v) is 4.87. The fourth-order valence-corrected chi connectivity index (χ4v) is 2.38. The van der Waals surface area contributed by atoms with E-state index in [2.05, 4.69) is 4.98 Å². The van der Waals surface area contributed by atoms with Gasteiger partial charge in [0.25, 0.3) is 5.56 Å². The van der Waals surface area contributed by atoms with E-state index in [1.165, 1.54) is 5.56 Å². The Morgan fingerprint density at radius 2 is 1.75 bits per heavy atom. The molecule has 0 fully saturated rings. The van der Waals surface area contributed by atoms with Crippen molar-refractivity contribution in [2.24, 2.45) is 0 Å². The predicted molar refractivity (Wildman–Crippen MR) is 81.5 cm³/mol. The van der Waals surface area contributed by atoms with Gasteiger partial charge in [-0.25, -0.2) is 4.98 Å². The van der Waals surface area contributed by atoms with Crippen LogP contribution in [0.3, 0.4) is 0 Å². The molecule has 0 saturated carbocycles. The lowest BCUT2D eigenvalue weighted by Crippen LogP contribution is -2.23. The van der Waals surface area contributed by atoms with Crippen LogP contribution in [0, 0.1) is 6.92 Å². The fraction of sp³-hybridized carbons (Fsp3) is 0.176. The molecule has 0 spiro atoms. The summed E-state index contributed by atoms with van der Waals surface area (Å²) in [6.45, 7) is 4.05. The molecule has 1 heterocycles. The van der Waals surface area contributed by atoms with Gasteiger partial charge in [-0.1, -0.05) is 36.8 Å². The smallest absolute Gasteiger partial charge is 0.265 e. The Bertz CT molecular complexity index is 817. The molecule has 0 N–H and O–H groups in total. The highest BCUT2D eigenvalue weighted by Gasteiger charge is 2.10. The van der Waals surface area contributed by atoms with Crippen LogP contribution >= 0.6 is 0 Å². The molecule has 2 aromatic carbocycles. The molecule has 0 saturated heterocycles. The molecule has 0 aliphatic carbocycles. The molecule has 100 valence electrons. The average Bonchev–Trinajstić information content (AvgIpc) is 2.48. The Kier molecular flexibility index (Phi) is 3.11. The van der Waals surface area contributed by atoms with Gasteiger partial charge in [0, 0.05) is 6.42 Å². The van der Waals surface area contributed by atoms with E-state index in [0.29, 0.717) is 11.8 Å². The first-order chi connectivity index (χ1) is 9.70. The van der Waals surface area contributed by atoms with Crippen LogP contribution < -0.4 is 5.56 Å². The third-order valence-electron chi connectivity index (χ3n) is 3.45. The molecule has 0 aliphatic rings. The second-order valence-electron chi connectivity index (χ2n) is 4.87. The van der Waals surface area contributed by atoms with Crippen LogP contribution in [-0.2, 0) is 6.42 Å². The molecular weight excluding hydrogens is 248 g/mol. The molecule has 1 aromatic heterocycles. The van der Waals surface area contributed by atoms with E-state index in [4.69, 9.17) is 0 Å². The van der Waals surface area contributed by atoms with E-state index in [1.54, 1.807) is 4.57 Å². The molecule has 3 nitrogen and oxygen atoms in total. The molecular formula is C17H16N2O. The zero-order chi connectivity index (χ0) is 14.1. The third-order valence-corrected chi connectivity index (χ3v) is 3.45. The van der Waals surface area contributed by atoms with Crippen molar-refractivity contribution in [3.8, 4) is 5.69 Å². The molecule has 0 aliphatic heterocycles. The number of fused-ring (bicyclic) bond motifs is 1. The van der Waals surface area contributed by atoms with Crippen molar-refractivity contribution in [1.82, 2.24) is 9.55 Å². The highest BCUT2D eigenvalue weighted by atomic mass is 16.1. The number of aromatic nitrogens is 2. The van der Waals surface area contributed by atoms with E-state index in [0.717, 1.165) is 17.0 Å². The summed E-state index contributed by atoms with van der Waals surface area (Å²) in [6, 6.07) is 15.4. The SMILES string of the molecule is CCc1nc2ccccc2c(=O)n1-c1ccc(C)cc1. The van der Waals surface area contributed by atoms with Crippen LogP contribution in [0.1, 0.15) is 18.3 Å². The third kappa shape index (κ3) is 2.01. The Balaban J connectivity index is 2.36. The molecule has 3 rings (SSSR count). The van der Waals surface area contributed by atoms with Gasteiger partial charge in [-0.05, 0) is 31.2 Å². The van der Waals surface area contributed by atoms with Crippen molar-refractivity contribution in [1.29, 1.82) is 0 Å². The summed E-state index contributed by atoms with van der Waals surface area (Å²) in [4.78, 5) is 17.3. The van der Waals surface area contributed by atoms with Crippen LogP contribution in [0.25, 0.3) is 16.6 Å². The number of nitrogens with zero attached hydrogens (tertiary/aromatic N) is 2. The lowest BCUT2D eigenvalue weighted by atomic mass is 10.2. The summed E-state index contributed by atoms with van der Waals surface area (Å²) < 4.78 is 1.71. The van der Waals surface area contributed by atoms with Gasteiger partial charge in [-0.2, -0.15) is 0 Å². The van der Waals surface area contributed by atoms with E-state index in [9.17, 15) is 4.79 Å². The van der Waals surface area contributed by atoms with Crippen LogP contribution in [0.4, 0.5) is 0 Å². The monoisotopic (exact) mass is 264 g/mol. The normalized spacial score (nSPS) is 10.9. The molecule has 0 bridgehead atoms. The summed E-state index contributed by atoms with van der Waals surface area (Å²) in [6.07, 6.45) is 0.716. The van der Waals surface area contributed by atoms with E-state index in [1.807, 2.05) is 62.4 Å². The lowest BCUT2D eigenvalue weighted by molar-refractivity contribution is 0.833. The number of hydrogen-bond acceptors (Lipinski definition) is 2. The van der Waals surface area contributed by atoms with E-state index in [-0.39, 0.29) is 5.56 Å². The zero-order valence-corrected chi connectivity index (χ0v) is 11.6. The number of hydrogen-bond donors (Lipinski definition) is 0. The molecule has 20 heavy (non-hydrogen) atoms. The first-order valence-electron chi connectivity index (χ1n) is 6.78. The van der Waals surface area contributed by atoms with Crippen molar-refractivity contribution in [3.05, 3.63) is 70.3 Å². The van der Waals surface area contributed by atoms with Gasteiger partial charge in [0.05, 0.1) is 16.6 Å². The van der Waals surface area contributed by atoms with Crippen molar-refractivity contribution >= 4 is 10.9 Å². The Hall–Kier alpha value is -2.42. The minimum Gasteiger partial charge on any atom is -0.268 e. The van der Waals surface area contributed by atoms with Gasteiger partial charge in [-0.15, -0.1) is 0 Å². The van der Waals surface area contributed by atoms with E-state index >= 15 is 0 Å². The number of para-hydroxylation sites is 1. The van der Waals surface area contributed by atoms with Crippen LogP contribution in [0.5, 0.6) is 0 Å². The molecule has 0 amide bonds. The maximum atomic E-state index is 12.7. The van der Waals surface area contributed by atoms with Gasteiger partial charge in [-0.3, -0.25) is 9.36 Å². The Morgan fingerprint density at radius 1 is 1.05 bits per heavy atom. The topological polar surface area (TPSA) is 34.9 Å². The van der Waals surface area contributed by atoms with Gasteiger partial charge in [0.15, 0.2) is 0 Å². The lowest BCUT2D eigenvalue weighted by Gasteiger charge is -2.12. The standard InChI is InChI=1S/C17H16N2O/c1-3-16-18-15-7-5-4-6-14(15)17(20)19(16)13-10-8-12(2)9-11-13/h4-11H,3H2,1-2H3. The highest BCUT2D eigenvalue weighted by Crippen LogP contribution is 2.14. The molecule has 3 heteroatoms. The first-order valence-corrected chi connectivity index (χ1v) is 6.78. The second kappa shape index (κ2) is 4.93. The minimum atomic E-state index is -0.00342. The fourth-order valence-electron chi connectivity index (χ4n) is 2.38. The summed E-state index contributed by atoms with van der Waals surface area (Å²) in [5, 5.41) is 0.658. The number of benzene rings is 2. The van der Waals surface area contributed by atoms with Gasteiger partial charge in [0.2, 0.25) is 0 Å². The van der Waals surface area contributed by atoms with Crippen molar-refractivity contribution in [2.75, 3.05) is 0 Å². The summed E-state index contributed by atoms with van der Waals surface area (Å²) in [5.41, 5.74) is 2.80. The van der Waals surface area contributed by atoms with E-state index < -0.39 is 0 Å². The van der Waals surface area contributed by atoms with Gasteiger partial charge in [0.1, 0.15) is 5.82 Å². The largest absolute Gasteiger partial charge is 0.268 e.